The van der Waals surface area contributed by atoms with E-state index in [9.17, 15) is 14.4 Å². The van der Waals surface area contributed by atoms with Crippen molar-refractivity contribution in [1.82, 2.24) is 20.5 Å². The summed E-state index contributed by atoms with van der Waals surface area (Å²) in [7, 11) is 0. The summed E-state index contributed by atoms with van der Waals surface area (Å²) in [6.07, 6.45) is -1.72. The molecule has 0 saturated heterocycles. The highest BCUT2D eigenvalue weighted by Gasteiger charge is 2.22. The molecule has 3 N–H and O–H groups in total. The number of anilines is 1. The Hall–Kier alpha value is -5.03. The standard InChI is InChI=1S/C29H25N5O5S/c1-18-15-20(23-9-5-6-10-24(23)31-18)17-38-22-13-11-19(12-14-22)26(35)30-16-25(27-33-34-29(37)40-27)39-28(36)32-21-7-3-2-4-8-21/h2-15,25H,16-17H2,1H3,(H,30,35)(H,32,36)(H,34,37). The van der Waals surface area contributed by atoms with Crippen molar-refractivity contribution in [3.63, 3.8) is 0 Å². The quantitative estimate of drug-likeness (QED) is 0.233. The van der Waals surface area contributed by atoms with Crippen LogP contribution in [0.15, 0.2) is 89.7 Å². The number of carbonyl (C=O) groups excluding carboxylic acids is 2. The molecule has 40 heavy (non-hydrogen) atoms. The number of aromatic nitrogens is 3. The highest BCUT2D eigenvalue weighted by Crippen LogP contribution is 2.22. The maximum absolute atomic E-state index is 12.8. The highest BCUT2D eigenvalue weighted by molar-refractivity contribution is 7.08. The zero-order valence-electron chi connectivity index (χ0n) is 21.4. The summed E-state index contributed by atoms with van der Waals surface area (Å²) >= 11 is 0.800. The van der Waals surface area contributed by atoms with Crippen LogP contribution in [0.2, 0.25) is 0 Å². The van der Waals surface area contributed by atoms with Gasteiger partial charge in [0.2, 0.25) is 0 Å². The first-order valence-corrected chi connectivity index (χ1v) is 13.2. The number of hydrogen-bond donors (Lipinski definition) is 3. The van der Waals surface area contributed by atoms with Crippen molar-refractivity contribution in [2.75, 3.05) is 11.9 Å². The molecule has 2 amide bonds. The molecule has 1 atom stereocenters. The van der Waals surface area contributed by atoms with E-state index in [4.69, 9.17) is 9.47 Å². The average molecular weight is 556 g/mol. The molecule has 5 aromatic rings. The SMILES string of the molecule is Cc1cc(COc2ccc(C(=O)NCC(OC(=O)Nc3ccccc3)c3n[nH]c(=O)s3)cc2)c2ccccc2n1. The maximum Gasteiger partial charge on any atom is 0.412 e. The van der Waals surface area contributed by atoms with Gasteiger partial charge in [0, 0.05) is 27.9 Å². The monoisotopic (exact) mass is 555 g/mol. The van der Waals surface area contributed by atoms with Gasteiger partial charge in [-0.05, 0) is 55.5 Å². The number of para-hydroxylation sites is 2. The minimum Gasteiger partial charge on any atom is -0.489 e. The molecule has 2 heterocycles. The summed E-state index contributed by atoms with van der Waals surface area (Å²) in [5.41, 5.74) is 3.77. The van der Waals surface area contributed by atoms with Gasteiger partial charge in [-0.25, -0.2) is 9.89 Å². The van der Waals surface area contributed by atoms with Crippen molar-refractivity contribution in [1.29, 1.82) is 0 Å². The Balaban J connectivity index is 1.20. The molecule has 3 aromatic carbocycles. The van der Waals surface area contributed by atoms with E-state index in [1.54, 1.807) is 48.5 Å². The van der Waals surface area contributed by atoms with Gasteiger partial charge >= 0.3 is 11.0 Å². The van der Waals surface area contributed by atoms with Gasteiger partial charge in [0.05, 0.1) is 12.1 Å². The number of rotatable bonds is 9. The second kappa shape index (κ2) is 12.2. The van der Waals surface area contributed by atoms with Gasteiger partial charge in [-0.1, -0.05) is 47.7 Å². The average Bonchev–Trinajstić information content (AvgIpc) is 3.40. The Morgan fingerprint density at radius 3 is 2.50 bits per heavy atom. The Morgan fingerprint density at radius 2 is 1.75 bits per heavy atom. The summed E-state index contributed by atoms with van der Waals surface area (Å²) in [6.45, 7) is 2.21. The number of benzene rings is 3. The van der Waals surface area contributed by atoms with Crippen molar-refractivity contribution in [2.45, 2.75) is 19.6 Å². The number of amides is 2. The molecule has 0 bridgehead atoms. The Bertz CT molecular complexity index is 1680. The molecule has 0 saturated carbocycles. The first-order chi connectivity index (χ1) is 19.4. The third-order valence-electron chi connectivity index (χ3n) is 5.89. The molecule has 10 nitrogen and oxygen atoms in total. The summed E-state index contributed by atoms with van der Waals surface area (Å²) in [6, 6.07) is 25.4. The van der Waals surface area contributed by atoms with Crippen molar-refractivity contribution >= 4 is 39.9 Å². The molecular weight excluding hydrogens is 530 g/mol. The number of pyridine rings is 1. The summed E-state index contributed by atoms with van der Waals surface area (Å²) in [5, 5.41) is 12.8. The molecule has 0 aliphatic heterocycles. The predicted octanol–water partition coefficient (Wildman–Crippen LogP) is 4.99. The van der Waals surface area contributed by atoms with Gasteiger partial charge in [0.25, 0.3) is 5.91 Å². The smallest absolute Gasteiger partial charge is 0.412 e. The lowest BCUT2D eigenvalue weighted by Crippen LogP contribution is -2.31. The van der Waals surface area contributed by atoms with Gasteiger partial charge in [-0.15, -0.1) is 0 Å². The second-order valence-corrected chi connectivity index (χ2v) is 9.79. The Kier molecular flexibility index (Phi) is 8.12. The molecule has 0 aliphatic rings. The zero-order chi connectivity index (χ0) is 27.9. The van der Waals surface area contributed by atoms with E-state index in [0.29, 0.717) is 23.6 Å². The molecule has 0 aliphatic carbocycles. The summed E-state index contributed by atoms with van der Waals surface area (Å²) < 4.78 is 11.4. The van der Waals surface area contributed by atoms with Gasteiger partial charge < -0.3 is 14.8 Å². The van der Waals surface area contributed by atoms with Crippen LogP contribution in [0.25, 0.3) is 10.9 Å². The minimum atomic E-state index is -0.974. The second-order valence-electron chi connectivity index (χ2n) is 8.80. The molecule has 0 spiro atoms. The Morgan fingerprint density at radius 1 is 1.00 bits per heavy atom. The normalized spacial score (nSPS) is 11.5. The number of nitrogens with one attached hydrogen (secondary N) is 3. The van der Waals surface area contributed by atoms with E-state index >= 15 is 0 Å². The van der Waals surface area contributed by atoms with E-state index < -0.39 is 17.1 Å². The van der Waals surface area contributed by atoms with Crippen LogP contribution in [0, 0.1) is 6.92 Å². The van der Waals surface area contributed by atoms with Crippen LogP contribution < -0.4 is 20.2 Å². The number of aryl methyl sites for hydroxylation is 1. The number of aromatic amines is 1. The van der Waals surface area contributed by atoms with Crippen LogP contribution in [0.1, 0.15) is 32.7 Å². The minimum absolute atomic E-state index is 0.0887. The molecule has 0 fully saturated rings. The number of ether oxygens (including phenoxy) is 2. The van der Waals surface area contributed by atoms with Crippen molar-refractivity contribution in [3.8, 4) is 5.75 Å². The van der Waals surface area contributed by atoms with E-state index in [1.165, 1.54) is 0 Å². The molecule has 5 rings (SSSR count). The molecule has 1 unspecified atom stereocenters. The van der Waals surface area contributed by atoms with Crippen LogP contribution in [-0.4, -0.2) is 33.7 Å². The van der Waals surface area contributed by atoms with Crippen molar-refractivity contribution in [3.05, 3.63) is 116 Å². The topological polar surface area (TPSA) is 135 Å². The highest BCUT2D eigenvalue weighted by atomic mass is 32.1. The van der Waals surface area contributed by atoms with Crippen LogP contribution in [0.5, 0.6) is 5.75 Å². The molecular formula is C29H25N5O5S. The number of fused-ring (bicyclic) bond motifs is 1. The van der Waals surface area contributed by atoms with E-state index in [0.717, 1.165) is 33.5 Å². The Labute approximate surface area is 233 Å². The lowest BCUT2D eigenvalue weighted by Gasteiger charge is -2.16. The molecule has 11 heteroatoms. The molecule has 0 radical (unpaired) electrons. The lowest BCUT2D eigenvalue weighted by molar-refractivity contribution is 0.0866. The van der Waals surface area contributed by atoms with Gasteiger partial charge in [-0.2, -0.15) is 5.10 Å². The first kappa shape index (κ1) is 26.6. The fraction of sp³-hybridized carbons (Fsp3) is 0.138. The lowest BCUT2D eigenvalue weighted by atomic mass is 10.1. The number of H-pyrrole nitrogens is 1. The van der Waals surface area contributed by atoms with E-state index in [2.05, 4.69) is 25.8 Å². The van der Waals surface area contributed by atoms with Crippen molar-refractivity contribution < 1.29 is 19.1 Å². The van der Waals surface area contributed by atoms with E-state index in [-0.39, 0.29) is 17.5 Å². The van der Waals surface area contributed by atoms with Gasteiger partial charge in [0.1, 0.15) is 12.4 Å². The first-order valence-electron chi connectivity index (χ1n) is 12.4. The van der Waals surface area contributed by atoms with Gasteiger partial charge in [0.15, 0.2) is 11.1 Å². The van der Waals surface area contributed by atoms with Crippen LogP contribution in [-0.2, 0) is 11.3 Å². The summed E-state index contributed by atoms with van der Waals surface area (Å²) in [5.74, 6) is 0.220. The molecule has 2 aromatic heterocycles. The number of carbonyl (C=O) groups is 2. The van der Waals surface area contributed by atoms with Gasteiger partial charge in [-0.3, -0.25) is 19.9 Å². The van der Waals surface area contributed by atoms with Crippen LogP contribution in [0.4, 0.5) is 10.5 Å². The zero-order valence-corrected chi connectivity index (χ0v) is 22.2. The third-order valence-corrected chi connectivity index (χ3v) is 6.73. The van der Waals surface area contributed by atoms with Crippen LogP contribution in [0.3, 0.4) is 0 Å². The fourth-order valence-electron chi connectivity index (χ4n) is 4.02. The number of hydrogen-bond acceptors (Lipinski definition) is 8. The predicted molar refractivity (Wildman–Crippen MR) is 152 cm³/mol. The molecule has 202 valence electrons. The third kappa shape index (κ3) is 6.69. The van der Waals surface area contributed by atoms with Crippen molar-refractivity contribution in [2.24, 2.45) is 0 Å². The number of nitrogens with zero attached hydrogens (tertiary/aromatic N) is 2. The maximum atomic E-state index is 12.8. The van der Waals surface area contributed by atoms with Crippen LogP contribution >= 0.6 is 11.3 Å². The summed E-state index contributed by atoms with van der Waals surface area (Å²) in [4.78, 5) is 41.1. The van der Waals surface area contributed by atoms with E-state index in [1.807, 2.05) is 43.3 Å². The largest absolute Gasteiger partial charge is 0.489 e. The fourth-order valence-corrected chi connectivity index (χ4v) is 4.66.